The molecule has 0 bridgehead atoms. The number of anilines is 2. The Balaban J connectivity index is 1.31. The van der Waals surface area contributed by atoms with Crippen LogP contribution in [-0.4, -0.2) is 5.97 Å². The lowest BCUT2D eigenvalue weighted by Gasteiger charge is -2.21. The van der Waals surface area contributed by atoms with E-state index in [-0.39, 0.29) is 0 Å². The molecule has 194 valence electrons. The van der Waals surface area contributed by atoms with Gasteiger partial charge in [0.1, 0.15) is 5.75 Å². The summed E-state index contributed by atoms with van der Waals surface area (Å²) in [7, 11) is 0. The largest absolute Gasteiger partial charge is 0.423 e. The Hall–Kier alpha value is -5.41. The van der Waals surface area contributed by atoms with Crippen LogP contribution in [0.15, 0.2) is 152 Å². The molecular weight excluding hydrogens is 490 g/mol. The van der Waals surface area contributed by atoms with Gasteiger partial charge < -0.3 is 9.64 Å². The van der Waals surface area contributed by atoms with Crippen molar-refractivity contribution in [2.24, 2.45) is 0 Å². The molecule has 3 heteroatoms. The molecule has 5 rings (SSSR count). The number of nitrogens with zero attached hydrogens (tertiary/aromatic N) is 1. The van der Waals surface area contributed by atoms with E-state index in [9.17, 15) is 4.79 Å². The highest BCUT2D eigenvalue weighted by atomic mass is 16.5. The molecule has 0 aromatic heterocycles. The van der Waals surface area contributed by atoms with Crippen molar-refractivity contribution in [3.05, 3.63) is 169 Å². The van der Waals surface area contributed by atoms with Gasteiger partial charge in [-0.15, -0.1) is 0 Å². The Labute approximate surface area is 235 Å². The molecule has 0 N–H and O–H groups in total. The van der Waals surface area contributed by atoms with E-state index >= 15 is 0 Å². The summed E-state index contributed by atoms with van der Waals surface area (Å²) < 4.78 is 5.13. The van der Waals surface area contributed by atoms with Crippen molar-refractivity contribution in [1.29, 1.82) is 0 Å². The summed E-state index contributed by atoms with van der Waals surface area (Å²) >= 11 is 0. The summed E-state index contributed by atoms with van der Waals surface area (Å²) in [4.78, 5) is 13.5. The van der Waals surface area contributed by atoms with E-state index < -0.39 is 5.97 Å². The van der Waals surface area contributed by atoms with Crippen LogP contribution in [-0.2, 0) is 4.79 Å². The van der Waals surface area contributed by atoms with Crippen molar-refractivity contribution < 1.29 is 9.53 Å². The summed E-state index contributed by atoms with van der Waals surface area (Å²) in [5, 5.41) is 0. The van der Waals surface area contributed by atoms with Crippen molar-refractivity contribution in [2.75, 3.05) is 4.90 Å². The molecule has 5 aromatic carbocycles. The lowest BCUT2D eigenvalue weighted by atomic mass is 10.0. The highest BCUT2D eigenvalue weighted by Gasteiger charge is 2.06. The summed E-state index contributed by atoms with van der Waals surface area (Å²) in [5.74, 6) is 0.0244. The lowest BCUT2D eigenvalue weighted by Crippen LogP contribution is -2.08. The zero-order valence-electron chi connectivity index (χ0n) is 22.1. The van der Waals surface area contributed by atoms with Crippen LogP contribution in [0.25, 0.3) is 29.4 Å². The van der Waals surface area contributed by atoms with Crippen molar-refractivity contribution >= 4 is 35.6 Å². The molecule has 0 aliphatic carbocycles. The summed E-state index contributed by atoms with van der Waals surface area (Å²) in [6.45, 7) is 3.42. The normalized spacial score (nSPS) is 11.0. The first kappa shape index (κ1) is 26.2. The summed E-state index contributed by atoms with van der Waals surface area (Å²) in [5.41, 5.74) is 7.78. The van der Waals surface area contributed by atoms with E-state index in [4.69, 9.17) is 4.74 Å². The van der Waals surface area contributed by atoms with Gasteiger partial charge in [-0.3, -0.25) is 0 Å². The van der Waals surface area contributed by atoms with Crippen LogP contribution in [0, 0.1) is 0 Å². The standard InChI is InChI=1S/C37H29NO2/c1-2-37(39)40-36-25-19-30(20-26-36)14-13-29-17-23-35(24-18-29)38(34-11-7-4-8-12-34)28-27-31-15-21-33(22-16-31)32-9-5-3-6-10-32/h2-28H,1H2/b14-13?,28-27+. The van der Waals surface area contributed by atoms with Crippen molar-refractivity contribution in [1.82, 2.24) is 0 Å². The third kappa shape index (κ3) is 6.91. The molecule has 0 fully saturated rings. The Morgan fingerprint density at radius 2 is 1.02 bits per heavy atom. The number of hydrogen-bond acceptors (Lipinski definition) is 3. The van der Waals surface area contributed by atoms with E-state index in [2.05, 4.69) is 115 Å². The molecule has 0 spiro atoms. The minimum atomic E-state index is -0.469. The summed E-state index contributed by atoms with van der Waals surface area (Å²) in [6.07, 6.45) is 9.48. The number of carbonyl (C=O) groups is 1. The maximum absolute atomic E-state index is 11.4. The molecule has 40 heavy (non-hydrogen) atoms. The van der Waals surface area contributed by atoms with Crippen LogP contribution in [0.2, 0.25) is 0 Å². The second-order valence-electron chi connectivity index (χ2n) is 9.13. The average molecular weight is 520 g/mol. The van der Waals surface area contributed by atoms with Gasteiger partial charge in [0.15, 0.2) is 0 Å². The van der Waals surface area contributed by atoms with Crippen molar-refractivity contribution in [3.63, 3.8) is 0 Å². The van der Waals surface area contributed by atoms with Gasteiger partial charge in [0.05, 0.1) is 0 Å². The molecule has 0 saturated heterocycles. The Morgan fingerprint density at radius 3 is 1.62 bits per heavy atom. The van der Waals surface area contributed by atoms with Gasteiger partial charge in [0.2, 0.25) is 0 Å². The van der Waals surface area contributed by atoms with Crippen LogP contribution in [0.1, 0.15) is 16.7 Å². The van der Waals surface area contributed by atoms with Gasteiger partial charge in [0, 0.05) is 23.7 Å². The quantitative estimate of drug-likeness (QED) is 0.0841. The smallest absolute Gasteiger partial charge is 0.335 e. The van der Waals surface area contributed by atoms with Gasteiger partial charge in [-0.1, -0.05) is 116 Å². The first-order valence-corrected chi connectivity index (χ1v) is 13.1. The number of carbonyl (C=O) groups excluding carboxylic acids is 1. The molecule has 3 nitrogen and oxygen atoms in total. The third-order valence-electron chi connectivity index (χ3n) is 6.37. The fourth-order valence-electron chi connectivity index (χ4n) is 4.23. The molecule has 0 atom stereocenters. The molecule has 5 aromatic rings. The number of rotatable bonds is 9. The maximum Gasteiger partial charge on any atom is 0.335 e. The summed E-state index contributed by atoms with van der Waals surface area (Å²) in [6, 6.07) is 45.1. The van der Waals surface area contributed by atoms with Gasteiger partial charge >= 0.3 is 5.97 Å². The lowest BCUT2D eigenvalue weighted by molar-refractivity contribution is -0.128. The molecule has 0 radical (unpaired) electrons. The fraction of sp³-hybridized carbons (Fsp3) is 0. The minimum absolute atomic E-state index is 0.469. The first-order valence-electron chi connectivity index (χ1n) is 13.1. The number of ether oxygens (including phenoxy) is 1. The van der Waals surface area contributed by atoms with E-state index in [0.29, 0.717) is 5.75 Å². The zero-order chi connectivity index (χ0) is 27.6. The first-order chi connectivity index (χ1) is 19.7. The van der Waals surface area contributed by atoms with Crippen molar-refractivity contribution in [2.45, 2.75) is 0 Å². The minimum Gasteiger partial charge on any atom is -0.423 e. The Kier molecular flexibility index (Phi) is 8.45. The fourth-order valence-corrected chi connectivity index (χ4v) is 4.23. The van der Waals surface area contributed by atoms with E-state index in [0.717, 1.165) is 34.1 Å². The maximum atomic E-state index is 11.4. The van der Waals surface area contributed by atoms with Crippen LogP contribution < -0.4 is 9.64 Å². The van der Waals surface area contributed by atoms with Crippen molar-refractivity contribution in [3.8, 4) is 16.9 Å². The van der Waals surface area contributed by atoms with Crippen LogP contribution in [0.5, 0.6) is 5.75 Å². The van der Waals surface area contributed by atoms with E-state index in [1.54, 1.807) is 12.1 Å². The molecule has 0 aliphatic rings. The van der Waals surface area contributed by atoms with Gasteiger partial charge in [-0.2, -0.15) is 0 Å². The second-order valence-corrected chi connectivity index (χ2v) is 9.13. The van der Waals surface area contributed by atoms with Gasteiger partial charge in [-0.25, -0.2) is 4.79 Å². The number of benzene rings is 5. The van der Waals surface area contributed by atoms with Crippen LogP contribution in [0.4, 0.5) is 11.4 Å². The third-order valence-corrected chi connectivity index (χ3v) is 6.37. The number of esters is 1. The predicted molar refractivity (Wildman–Crippen MR) is 167 cm³/mol. The molecular formula is C37H29NO2. The Morgan fingerprint density at radius 1 is 0.550 bits per heavy atom. The molecule has 0 amide bonds. The number of para-hydroxylation sites is 1. The zero-order valence-corrected chi connectivity index (χ0v) is 22.1. The van der Waals surface area contributed by atoms with Crippen LogP contribution >= 0.6 is 0 Å². The second kappa shape index (κ2) is 12.9. The number of hydrogen-bond donors (Lipinski definition) is 0. The average Bonchev–Trinajstić information content (AvgIpc) is 3.02. The van der Waals surface area contributed by atoms with Gasteiger partial charge in [-0.05, 0) is 70.3 Å². The highest BCUT2D eigenvalue weighted by Crippen LogP contribution is 2.28. The molecule has 0 saturated carbocycles. The SMILES string of the molecule is C=CC(=O)Oc1ccc(C=Cc2ccc(N(/C=C/c3ccc(-c4ccccc4)cc3)c3ccccc3)cc2)cc1. The van der Waals surface area contributed by atoms with E-state index in [1.165, 1.54) is 11.1 Å². The predicted octanol–water partition coefficient (Wildman–Crippen LogP) is 9.42. The van der Waals surface area contributed by atoms with E-state index in [1.807, 2.05) is 42.5 Å². The van der Waals surface area contributed by atoms with Gasteiger partial charge in [0.25, 0.3) is 0 Å². The molecule has 0 aliphatic heterocycles. The molecule has 0 heterocycles. The topological polar surface area (TPSA) is 29.5 Å². The van der Waals surface area contributed by atoms with Crippen LogP contribution in [0.3, 0.4) is 0 Å². The highest BCUT2D eigenvalue weighted by molar-refractivity contribution is 5.83. The monoisotopic (exact) mass is 519 g/mol. The Bertz CT molecular complexity index is 1600. The molecule has 0 unspecified atom stereocenters.